The second-order valence-electron chi connectivity index (χ2n) is 6.34. The summed E-state index contributed by atoms with van der Waals surface area (Å²) in [7, 11) is 1.44. The fourth-order valence-corrected chi connectivity index (χ4v) is 2.58. The van der Waals surface area contributed by atoms with E-state index in [2.05, 4.69) is 0 Å². The lowest BCUT2D eigenvalue weighted by Gasteiger charge is -2.28. The van der Waals surface area contributed by atoms with E-state index in [1.165, 1.54) is 14.0 Å². The van der Waals surface area contributed by atoms with Gasteiger partial charge in [-0.05, 0) is 24.6 Å². The van der Waals surface area contributed by atoms with Crippen LogP contribution in [-0.4, -0.2) is 48.2 Å². The van der Waals surface area contributed by atoms with Crippen molar-refractivity contribution in [2.75, 3.05) is 20.5 Å². The fraction of sp³-hybridized carbons (Fsp3) is 0.381. The molecule has 2 rings (SSSR count). The SMILES string of the molecule is COc1ccccc1C(=O)[C@](C)(O)[C@@H](O)CCOCOCc1ccccc1. The predicted molar refractivity (Wildman–Crippen MR) is 101 cm³/mol. The molecular weight excluding hydrogens is 348 g/mol. The van der Waals surface area contributed by atoms with Crippen LogP contribution in [0.1, 0.15) is 29.3 Å². The van der Waals surface area contributed by atoms with Gasteiger partial charge in [0.15, 0.2) is 11.4 Å². The second kappa shape index (κ2) is 10.2. The molecule has 6 heteroatoms. The Bertz CT molecular complexity index is 714. The van der Waals surface area contributed by atoms with Crippen LogP contribution in [0.25, 0.3) is 0 Å². The van der Waals surface area contributed by atoms with Crippen molar-refractivity contribution in [2.45, 2.75) is 31.7 Å². The lowest BCUT2D eigenvalue weighted by molar-refractivity contribution is -0.0864. The molecule has 0 aliphatic heterocycles. The molecule has 0 unspecified atom stereocenters. The summed E-state index contributed by atoms with van der Waals surface area (Å²) in [5.41, 5.74) is -0.703. The second-order valence-corrected chi connectivity index (χ2v) is 6.34. The van der Waals surface area contributed by atoms with E-state index in [1.807, 2.05) is 30.3 Å². The summed E-state index contributed by atoms with van der Waals surface area (Å²) in [6, 6.07) is 16.3. The maximum atomic E-state index is 12.6. The van der Waals surface area contributed by atoms with Gasteiger partial charge in [-0.15, -0.1) is 0 Å². The monoisotopic (exact) mass is 374 g/mol. The lowest BCUT2D eigenvalue weighted by atomic mass is 9.87. The van der Waals surface area contributed by atoms with Gasteiger partial charge < -0.3 is 24.4 Å². The lowest BCUT2D eigenvalue weighted by Crippen LogP contribution is -2.47. The van der Waals surface area contributed by atoms with E-state index >= 15 is 0 Å². The molecule has 0 radical (unpaired) electrons. The van der Waals surface area contributed by atoms with E-state index in [1.54, 1.807) is 24.3 Å². The molecule has 0 saturated carbocycles. The fourth-order valence-electron chi connectivity index (χ4n) is 2.58. The van der Waals surface area contributed by atoms with Crippen LogP contribution in [-0.2, 0) is 16.1 Å². The molecule has 0 saturated heterocycles. The highest BCUT2D eigenvalue weighted by molar-refractivity contribution is 6.04. The molecule has 0 aliphatic carbocycles. The van der Waals surface area contributed by atoms with Gasteiger partial charge >= 0.3 is 0 Å². The van der Waals surface area contributed by atoms with E-state index in [0.29, 0.717) is 12.4 Å². The van der Waals surface area contributed by atoms with Crippen LogP contribution in [0.4, 0.5) is 0 Å². The Morgan fingerprint density at radius 1 is 1.07 bits per heavy atom. The van der Waals surface area contributed by atoms with Crippen molar-refractivity contribution in [1.29, 1.82) is 0 Å². The first-order valence-electron chi connectivity index (χ1n) is 8.74. The number of carbonyl (C=O) groups excluding carboxylic acids is 1. The van der Waals surface area contributed by atoms with Crippen LogP contribution in [0.5, 0.6) is 5.75 Å². The van der Waals surface area contributed by atoms with Crippen LogP contribution in [0.15, 0.2) is 54.6 Å². The smallest absolute Gasteiger partial charge is 0.200 e. The summed E-state index contributed by atoms with van der Waals surface area (Å²) in [5.74, 6) is -0.256. The summed E-state index contributed by atoms with van der Waals surface area (Å²) in [4.78, 5) is 12.6. The summed E-state index contributed by atoms with van der Waals surface area (Å²) in [6.07, 6.45) is -1.20. The van der Waals surface area contributed by atoms with E-state index < -0.39 is 17.5 Å². The van der Waals surface area contributed by atoms with Gasteiger partial charge in [0.1, 0.15) is 12.5 Å². The quantitative estimate of drug-likeness (QED) is 0.357. The molecule has 2 atom stereocenters. The van der Waals surface area contributed by atoms with Crippen LogP contribution in [0.2, 0.25) is 0 Å². The van der Waals surface area contributed by atoms with E-state index in [0.717, 1.165) is 5.56 Å². The summed E-state index contributed by atoms with van der Waals surface area (Å²) in [6.45, 7) is 1.92. The van der Waals surface area contributed by atoms with Gasteiger partial charge in [0.2, 0.25) is 0 Å². The number of ketones is 1. The molecule has 2 aromatic carbocycles. The molecular formula is C21H26O6. The number of benzene rings is 2. The van der Waals surface area contributed by atoms with Crippen LogP contribution >= 0.6 is 0 Å². The van der Waals surface area contributed by atoms with Crippen molar-refractivity contribution in [3.8, 4) is 5.75 Å². The Labute approximate surface area is 159 Å². The van der Waals surface area contributed by atoms with Gasteiger partial charge in [-0.1, -0.05) is 42.5 Å². The number of rotatable bonds is 11. The molecule has 146 valence electrons. The third-order valence-corrected chi connectivity index (χ3v) is 4.27. The van der Waals surface area contributed by atoms with E-state index in [-0.39, 0.29) is 25.4 Å². The Morgan fingerprint density at radius 2 is 1.74 bits per heavy atom. The topological polar surface area (TPSA) is 85.2 Å². The minimum Gasteiger partial charge on any atom is -0.496 e. The van der Waals surface area contributed by atoms with Gasteiger partial charge in [0.25, 0.3) is 0 Å². The first-order valence-corrected chi connectivity index (χ1v) is 8.74. The van der Waals surface area contributed by atoms with Gasteiger partial charge in [0.05, 0.1) is 32.0 Å². The number of hydrogen-bond donors (Lipinski definition) is 2. The molecule has 0 bridgehead atoms. The summed E-state index contributed by atoms with van der Waals surface area (Å²) >= 11 is 0. The predicted octanol–water partition coefficient (Wildman–Crippen LogP) is 2.57. The van der Waals surface area contributed by atoms with Crippen LogP contribution in [0, 0.1) is 0 Å². The Hall–Kier alpha value is -2.25. The molecule has 0 aliphatic rings. The van der Waals surface area contributed by atoms with Gasteiger partial charge in [-0.3, -0.25) is 4.79 Å². The molecule has 6 nitrogen and oxygen atoms in total. The van der Waals surface area contributed by atoms with Gasteiger partial charge in [-0.25, -0.2) is 0 Å². The Kier molecular flexibility index (Phi) is 7.94. The molecule has 2 N–H and O–H groups in total. The summed E-state index contributed by atoms with van der Waals surface area (Å²) in [5, 5.41) is 20.8. The van der Waals surface area contributed by atoms with E-state index in [9.17, 15) is 15.0 Å². The highest BCUT2D eigenvalue weighted by atomic mass is 16.7. The normalized spacial score (nSPS) is 14.4. The zero-order chi connectivity index (χ0) is 19.7. The Morgan fingerprint density at radius 3 is 2.44 bits per heavy atom. The molecule has 2 aromatic rings. The van der Waals surface area contributed by atoms with Crippen LogP contribution < -0.4 is 4.74 Å². The number of Topliss-reactive ketones (excluding diaryl/α,β-unsaturated/α-hetero) is 1. The molecule has 0 amide bonds. The number of aliphatic hydroxyl groups excluding tert-OH is 1. The number of carbonyl (C=O) groups is 1. The highest BCUT2D eigenvalue weighted by Gasteiger charge is 2.39. The molecule has 0 aromatic heterocycles. The first-order chi connectivity index (χ1) is 13.0. The molecule has 0 spiro atoms. The van der Waals surface area contributed by atoms with Gasteiger partial charge in [0, 0.05) is 6.42 Å². The standard InChI is InChI=1S/C21H26O6/c1-21(24,20(23)17-10-6-7-11-18(17)25-2)19(22)12-13-26-15-27-14-16-8-4-3-5-9-16/h3-11,19,22,24H,12-15H2,1-2H3/t19-,21+/m0/s1. The number of methoxy groups -OCH3 is 1. The van der Waals surface area contributed by atoms with Crippen LogP contribution in [0.3, 0.4) is 0 Å². The molecule has 0 heterocycles. The third-order valence-electron chi connectivity index (χ3n) is 4.27. The van der Waals surface area contributed by atoms with E-state index in [4.69, 9.17) is 14.2 Å². The first kappa shape index (κ1) is 21.1. The van der Waals surface area contributed by atoms with Crippen molar-refractivity contribution < 1.29 is 29.2 Å². The number of hydrogen-bond acceptors (Lipinski definition) is 6. The van der Waals surface area contributed by atoms with Crippen molar-refractivity contribution in [2.24, 2.45) is 0 Å². The Balaban J connectivity index is 1.78. The summed E-state index contributed by atoms with van der Waals surface area (Å²) < 4.78 is 15.9. The van der Waals surface area contributed by atoms with Crippen molar-refractivity contribution >= 4 is 5.78 Å². The number of para-hydroxylation sites is 1. The zero-order valence-corrected chi connectivity index (χ0v) is 15.6. The third kappa shape index (κ3) is 5.87. The average Bonchev–Trinajstić information content (AvgIpc) is 2.70. The number of aliphatic hydroxyl groups is 2. The maximum absolute atomic E-state index is 12.6. The maximum Gasteiger partial charge on any atom is 0.200 e. The van der Waals surface area contributed by atoms with Crippen molar-refractivity contribution in [3.05, 3.63) is 65.7 Å². The minimum absolute atomic E-state index is 0.0597. The molecule has 0 fully saturated rings. The average molecular weight is 374 g/mol. The van der Waals surface area contributed by atoms with Crippen molar-refractivity contribution in [1.82, 2.24) is 0 Å². The van der Waals surface area contributed by atoms with Crippen molar-refractivity contribution in [3.63, 3.8) is 0 Å². The van der Waals surface area contributed by atoms with Gasteiger partial charge in [-0.2, -0.15) is 0 Å². The zero-order valence-electron chi connectivity index (χ0n) is 15.6. The minimum atomic E-state index is -1.96. The largest absolute Gasteiger partial charge is 0.496 e. The molecule has 27 heavy (non-hydrogen) atoms. The number of ether oxygens (including phenoxy) is 3. The highest BCUT2D eigenvalue weighted by Crippen LogP contribution is 2.26.